The third-order valence-electron chi connectivity index (χ3n) is 4.10. The van der Waals surface area contributed by atoms with Gasteiger partial charge in [-0.15, -0.1) is 0 Å². The molecular formula is C18H19N5O3. The van der Waals surface area contributed by atoms with Crippen molar-refractivity contribution in [3.05, 3.63) is 66.5 Å². The van der Waals surface area contributed by atoms with Crippen molar-refractivity contribution in [2.75, 3.05) is 13.2 Å². The molecule has 0 saturated carbocycles. The molecule has 4 rings (SSSR count). The van der Waals surface area contributed by atoms with Crippen LogP contribution in [0.15, 0.2) is 55.2 Å². The number of aryl methyl sites for hydroxylation is 1. The Bertz CT molecular complexity index is 826. The van der Waals surface area contributed by atoms with Crippen LogP contribution < -0.4 is 4.74 Å². The highest BCUT2D eigenvalue weighted by Crippen LogP contribution is 2.34. The summed E-state index contributed by atoms with van der Waals surface area (Å²) in [4.78, 5) is 9.79. The van der Waals surface area contributed by atoms with Crippen molar-refractivity contribution >= 4 is 0 Å². The molecule has 134 valence electrons. The third kappa shape index (κ3) is 3.56. The molecule has 1 saturated heterocycles. The third-order valence-corrected chi connectivity index (χ3v) is 4.10. The molecule has 1 aromatic carbocycles. The molecule has 0 amide bonds. The van der Waals surface area contributed by atoms with Gasteiger partial charge in [-0.2, -0.15) is 15.0 Å². The Hall–Kier alpha value is -2.84. The van der Waals surface area contributed by atoms with Crippen molar-refractivity contribution in [2.45, 2.75) is 25.4 Å². The average molecular weight is 353 g/mol. The lowest BCUT2D eigenvalue weighted by atomic mass is 10.2. The highest BCUT2D eigenvalue weighted by atomic mass is 16.8. The Labute approximate surface area is 150 Å². The van der Waals surface area contributed by atoms with Crippen LogP contribution in [0.3, 0.4) is 0 Å². The largest absolute Gasteiger partial charge is 0.491 e. The van der Waals surface area contributed by atoms with E-state index >= 15 is 0 Å². The summed E-state index contributed by atoms with van der Waals surface area (Å²) >= 11 is 0. The Balaban J connectivity index is 1.48. The van der Waals surface area contributed by atoms with Crippen molar-refractivity contribution in [3.8, 4) is 5.75 Å². The number of rotatable bonds is 6. The van der Waals surface area contributed by atoms with E-state index in [-0.39, 0.29) is 12.6 Å². The molecule has 0 spiro atoms. The Morgan fingerprint density at radius 3 is 2.69 bits per heavy atom. The van der Waals surface area contributed by atoms with Gasteiger partial charge < -0.3 is 14.2 Å². The summed E-state index contributed by atoms with van der Waals surface area (Å²) in [5.74, 6) is -0.268. The summed E-state index contributed by atoms with van der Waals surface area (Å²) in [5.41, 5.74) is 1.81. The lowest BCUT2D eigenvalue weighted by Crippen LogP contribution is -2.36. The number of nitrogens with zero attached hydrogens (tertiary/aromatic N) is 5. The first-order chi connectivity index (χ1) is 12.7. The maximum absolute atomic E-state index is 6.22. The van der Waals surface area contributed by atoms with Crippen LogP contribution in [-0.4, -0.2) is 44.3 Å². The molecule has 0 aliphatic carbocycles. The monoisotopic (exact) mass is 353 g/mol. The van der Waals surface area contributed by atoms with Gasteiger partial charge in [0.15, 0.2) is 0 Å². The lowest BCUT2D eigenvalue weighted by molar-refractivity contribution is -0.195. The van der Waals surface area contributed by atoms with Crippen LogP contribution in [0.4, 0.5) is 0 Å². The molecule has 1 fully saturated rings. The minimum atomic E-state index is -1.07. The molecule has 1 aliphatic heterocycles. The standard InChI is InChI=1S/C18H19N5O3/c1-14-2-4-15(5-3-14)24-10-16-11-25-18(26-16,12-23-21-8-9-22-23)17-6-7-19-13-20-17/h2-9,13,16H,10-12H2,1H3. The highest BCUT2D eigenvalue weighted by molar-refractivity contribution is 5.26. The van der Waals surface area contributed by atoms with Gasteiger partial charge in [0.05, 0.1) is 19.0 Å². The molecule has 2 aromatic heterocycles. The van der Waals surface area contributed by atoms with E-state index in [1.54, 1.807) is 24.7 Å². The van der Waals surface area contributed by atoms with E-state index in [1.165, 1.54) is 16.7 Å². The molecular weight excluding hydrogens is 334 g/mol. The van der Waals surface area contributed by atoms with E-state index in [0.717, 1.165) is 5.75 Å². The maximum Gasteiger partial charge on any atom is 0.235 e. The lowest BCUT2D eigenvalue weighted by Gasteiger charge is -2.26. The molecule has 0 bridgehead atoms. The Morgan fingerprint density at radius 1 is 1.15 bits per heavy atom. The van der Waals surface area contributed by atoms with Gasteiger partial charge in [0.2, 0.25) is 5.79 Å². The summed E-state index contributed by atoms with van der Waals surface area (Å²) < 4.78 is 18.1. The molecule has 8 nitrogen and oxygen atoms in total. The molecule has 1 aliphatic rings. The van der Waals surface area contributed by atoms with Gasteiger partial charge in [-0.05, 0) is 25.1 Å². The number of aromatic nitrogens is 5. The number of hydrogen-bond acceptors (Lipinski definition) is 7. The fraction of sp³-hybridized carbons (Fsp3) is 0.333. The second-order valence-corrected chi connectivity index (χ2v) is 6.08. The fourth-order valence-electron chi connectivity index (χ4n) is 2.80. The summed E-state index contributed by atoms with van der Waals surface area (Å²) in [6.45, 7) is 3.09. The molecule has 2 atom stereocenters. The van der Waals surface area contributed by atoms with E-state index in [1.807, 2.05) is 31.2 Å². The van der Waals surface area contributed by atoms with Gasteiger partial charge in [0.25, 0.3) is 0 Å². The molecule has 26 heavy (non-hydrogen) atoms. The van der Waals surface area contributed by atoms with Crippen molar-refractivity contribution < 1.29 is 14.2 Å². The summed E-state index contributed by atoms with van der Waals surface area (Å²) in [5, 5.41) is 8.30. The predicted octanol–water partition coefficient (Wildman–Crippen LogP) is 1.72. The predicted molar refractivity (Wildman–Crippen MR) is 91.2 cm³/mol. The van der Waals surface area contributed by atoms with Crippen LogP contribution in [0.25, 0.3) is 0 Å². The quantitative estimate of drug-likeness (QED) is 0.667. The normalized spacial score (nSPS) is 22.4. The van der Waals surface area contributed by atoms with E-state index in [2.05, 4.69) is 20.2 Å². The fourth-order valence-corrected chi connectivity index (χ4v) is 2.80. The van der Waals surface area contributed by atoms with Gasteiger partial charge in [-0.25, -0.2) is 9.97 Å². The molecule has 2 unspecified atom stereocenters. The first-order valence-corrected chi connectivity index (χ1v) is 8.35. The number of benzene rings is 1. The smallest absolute Gasteiger partial charge is 0.235 e. The second kappa shape index (κ2) is 7.19. The first-order valence-electron chi connectivity index (χ1n) is 8.35. The number of ether oxygens (including phenoxy) is 3. The van der Waals surface area contributed by atoms with Gasteiger partial charge in [0.1, 0.15) is 37.0 Å². The minimum absolute atomic E-state index is 0.234. The van der Waals surface area contributed by atoms with Crippen LogP contribution in [-0.2, 0) is 21.8 Å². The molecule has 3 heterocycles. The molecule has 8 heteroatoms. The maximum atomic E-state index is 6.22. The first kappa shape index (κ1) is 16.6. The van der Waals surface area contributed by atoms with Gasteiger partial charge in [-0.3, -0.25) is 0 Å². The second-order valence-electron chi connectivity index (χ2n) is 6.08. The van der Waals surface area contributed by atoms with Crippen LogP contribution in [0.1, 0.15) is 11.3 Å². The van der Waals surface area contributed by atoms with Crippen LogP contribution >= 0.6 is 0 Å². The summed E-state index contributed by atoms with van der Waals surface area (Å²) in [7, 11) is 0. The van der Waals surface area contributed by atoms with Crippen molar-refractivity contribution in [1.29, 1.82) is 0 Å². The van der Waals surface area contributed by atoms with Crippen LogP contribution in [0.5, 0.6) is 5.75 Å². The van der Waals surface area contributed by atoms with Crippen molar-refractivity contribution in [1.82, 2.24) is 25.0 Å². The van der Waals surface area contributed by atoms with Crippen molar-refractivity contribution in [2.24, 2.45) is 0 Å². The van der Waals surface area contributed by atoms with E-state index in [4.69, 9.17) is 14.2 Å². The van der Waals surface area contributed by atoms with Crippen molar-refractivity contribution in [3.63, 3.8) is 0 Å². The van der Waals surface area contributed by atoms with Gasteiger partial charge >= 0.3 is 0 Å². The Kier molecular flexibility index (Phi) is 4.59. The SMILES string of the molecule is Cc1ccc(OCC2COC(Cn3nccn3)(c3ccncn3)O2)cc1. The van der Waals surface area contributed by atoms with E-state index < -0.39 is 5.79 Å². The topological polar surface area (TPSA) is 84.2 Å². The average Bonchev–Trinajstić information content (AvgIpc) is 3.33. The minimum Gasteiger partial charge on any atom is -0.491 e. The zero-order valence-corrected chi connectivity index (χ0v) is 14.4. The molecule has 0 radical (unpaired) electrons. The highest BCUT2D eigenvalue weighted by Gasteiger charge is 2.46. The van der Waals surface area contributed by atoms with Gasteiger partial charge in [-0.1, -0.05) is 17.7 Å². The van der Waals surface area contributed by atoms with Crippen LogP contribution in [0.2, 0.25) is 0 Å². The number of hydrogen-bond donors (Lipinski definition) is 0. The summed E-state index contributed by atoms with van der Waals surface area (Å²) in [6, 6.07) is 9.67. The van der Waals surface area contributed by atoms with Crippen LogP contribution in [0, 0.1) is 6.92 Å². The Morgan fingerprint density at radius 2 is 1.96 bits per heavy atom. The zero-order chi connectivity index (χ0) is 17.8. The molecule has 3 aromatic rings. The van der Waals surface area contributed by atoms with E-state index in [0.29, 0.717) is 18.9 Å². The summed E-state index contributed by atoms with van der Waals surface area (Å²) in [6.07, 6.45) is 6.11. The molecule has 0 N–H and O–H groups in total. The van der Waals surface area contributed by atoms with E-state index in [9.17, 15) is 0 Å². The zero-order valence-electron chi connectivity index (χ0n) is 14.4. The van der Waals surface area contributed by atoms with Gasteiger partial charge in [0, 0.05) is 6.20 Å².